The average Bonchev–Trinajstić information content (AvgIpc) is 3.52. The normalized spacial score (nSPS) is 17.7. The number of aliphatic imine (C=N–C) groups is 1. The first kappa shape index (κ1) is 24.6. The standard InChI is InChI=1S/C27H24FN3O5S/c1-3-10-34-26(33)24-16(2)30-27-31(25(24)18-5-7-19(28)8-6-18)20(14-37-27)12-23(32)29-13-17-4-9-21-22(11-17)36-15-35-21/h3-9,11,14,25H,1,10,12-13,15H2,2H3,(H,29,32)/t25-/m1/s1. The van der Waals surface area contributed by atoms with Crippen molar-refractivity contribution in [3.8, 4) is 11.5 Å². The summed E-state index contributed by atoms with van der Waals surface area (Å²) >= 11 is 1.37. The second-order valence-corrected chi connectivity index (χ2v) is 9.31. The molecule has 0 saturated heterocycles. The van der Waals surface area contributed by atoms with Crippen LogP contribution in [0.25, 0.3) is 0 Å². The molecular formula is C27H24FN3O5S. The third-order valence-electron chi connectivity index (χ3n) is 6.01. The highest BCUT2D eigenvalue weighted by Crippen LogP contribution is 2.44. The van der Waals surface area contributed by atoms with Gasteiger partial charge in [-0.1, -0.05) is 42.6 Å². The number of carbonyl (C=O) groups is 2. The zero-order valence-electron chi connectivity index (χ0n) is 20.0. The summed E-state index contributed by atoms with van der Waals surface area (Å²) in [6.45, 7) is 5.88. The smallest absolute Gasteiger partial charge is 0.338 e. The molecule has 0 aromatic heterocycles. The topological polar surface area (TPSA) is 89.5 Å². The number of amidine groups is 1. The molecule has 5 rings (SSSR count). The number of nitrogens with zero attached hydrogens (tertiary/aromatic N) is 2. The number of nitrogens with one attached hydrogen (secondary N) is 1. The number of thioether (sulfide) groups is 1. The maximum atomic E-state index is 13.7. The van der Waals surface area contributed by atoms with Gasteiger partial charge in [0.2, 0.25) is 12.7 Å². The summed E-state index contributed by atoms with van der Waals surface area (Å²) in [5, 5.41) is 5.41. The summed E-state index contributed by atoms with van der Waals surface area (Å²) in [7, 11) is 0. The number of ether oxygens (including phenoxy) is 3. The van der Waals surface area contributed by atoms with E-state index < -0.39 is 12.0 Å². The van der Waals surface area contributed by atoms with Crippen molar-refractivity contribution in [3.63, 3.8) is 0 Å². The Hall–Kier alpha value is -4.05. The molecule has 0 fully saturated rings. The Kier molecular flexibility index (Phi) is 7.00. The van der Waals surface area contributed by atoms with Crippen molar-refractivity contribution in [1.82, 2.24) is 10.2 Å². The molecule has 0 saturated carbocycles. The molecule has 10 heteroatoms. The number of carbonyl (C=O) groups excluding carboxylic acids is 2. The molecule has 0 spiro atoms. The first-order valence-corrected chi connectivity index (χ1v) is 12.5. The molecule has 0 unspecified atom stereocenters. The van der Waals surface area contributed by atoms with Crippen LogP contribution in [0, 0.1) is 5.82 Å². The molecule has 190 valence electrons. The third-order valence-corrected chi connectivity index (χ3v) is 6.90. The van der Waals surface area contributed by atoms with Crippen molar-refractivity contribution in [2.24, 2.45) is 4.99 Å². The monoisotopic (exact) mass is 521 g/mol. The van der Waals surface area contributed by atoms with Gasteiger partial charge < -0.3 is 24.4 Å². The van der Waals surface area contributed by atoms with Gasteiger partial charge in [-0.3, -0.25) is 4.79 Å². The number of amides is 1. The van der Waals surface area contributed by atoms with Crippen LogP contribution in [0.4, 0.5) is 4.39 Å². The molecule has 0 bridgehead atoms. The number of allylic oxidation sites excluding steroid dienone is 1. The van der Waals surface area contributed by atoms with Crippen molar-refractivity contribution < 1.29 is 28.2 Å². The Bertz CT molecular complexity index is 1350. The largest absolute Gasteiger partial charge is 0.458 e. The maximum absolute atomic E-state index is 13.7. The first-order chi connectivity index (χ1) is 17.9. The Morgan fingerprint density at radius 3 is 2.81 bits per heavy atom. The highest BCUT2D eigenvalue weighted by atomic mass is 32.2. The number of benzene rings is 2. The van der Waals surface area contributed by atoms with Gasteiger partial charge in [-0.25, -0.2) is 14.2 Å². The Morgan fingerprint density at radius 1 is 1.24 bits per heavy atom. The van der Waals surface area contributed by atoms with E-state index in [9.17, 15) is 14.0 Å². The van der Waals surface area contributed by atoms with E-state index in [0.717, 1.165) is 5.56 Å². The van der Waals surface area contributed by atoms with E-state index >= 15 is 0 Å². The average molecular weight is 522 g/mol. The molecule has 2 aromatic carbocycles. The zero-order chi connectivity index (χ0) is 25.9. The van der Waals surface area contributed by atoms with Crippen molar-refractivity contribution in [3.05, 3.63) is 94.4 Å². The third kappa shape index (κ3) is 5.10. The summed E-state index contributed by atoms with van der Waals surface area (Å²) in [5.74, 6) is 0.192. The van der Waals surface area contributed by atoms with Gasteiger partial charge in [-0.2, -0.15) is 0 Å². The fourth-order valence-electron chi connectivity index (χ4n) is 4.28. The molecular weight excluding hydrogens is 497 g/mol. The SMILES string of the molecule is C=CCOC(=O)C1=C(C)N=C2SC=C(CC(=O)NCc3ccc4c(c3)OCO4)N2[C@@H]1c1ccc(F)cc1. The van der Waals surface area contributed by atoms with Crippen molar-refractivity contribution in [2.75, 3.05) is 13.4 Å². The van der Waals surface area contributed by atoms with Crippen LogP contribution in [-0.4, -0.2) is 35.3 Å². The van der Waals surface area contributed by atoms with Crippen LogP contribution in [0.1, 0.15) is 30.5 Å². The number of rotatable bonds is 8. The number of fused-ring (bicyclic) bond motifs is 2. The van der Waals surface area contributed by atoms with Gasteiger partial charge in [0.1, 0.15) is 12.4 Å². The second-order valence-electron chi connectivity index (χ2n) is 8.47. The predicted octanol–water partition coefficient (Wildman–Crippen LogP) is 4.57. The molecule has 3 aliphatic rings. The second kappa shape index (κ2) is 10.5. The molecule has 3 heterocycles. The molecule has 0 radical (unpaired) electrons. The van der Waals surface area contributed by atoms with Crippen LogP contribution in [0.15, 0.2) is 82.5 Å². The molecule has 37 heavy (non-hydrogen) atoms. The van der Waals surface area contributed by atoms with E-state index in [1.807, 2.05) is 28.5 Å². The Morgan fingerprint density at radius 2 is 2.03 bits per heavy atom. The van der Waals surface area contributed by atoms with E-state index in [2.05, 4.69) is 16.9 Å². The predicted molar refractivity (Wildman–Crippen MR) is 137 cm³/mol. The number of halogens is 1. The summed E-state index contributed by atoms with van der Waals surface area (Å²) in [6.07, 6.45) is 1.54. The number of esters is 1. The fourth-order valence-corrected chi connectivity index (χ4v) is 5.25. The number of hydrogen-bond donors (Lipinski definition) is 1. The molecule has 0 aliphatic carbocycles. The minimum Gasteiger partial charge on any atom is -0.458 e. The van der Waals surface area contributed by atoms with Gasteiger partial charge in [-0.05, 0) is 47.7 Å². The summed E-state index contributed by atoms with van der Waals surface area (Å²) < 4.78 is 29.8. The molecule has 2 aromatic rings. The molecule has 1 N–H and O–H groups in total. The first-order valence-electron chi connectivity index (χ1n) is 11.6. The zero-order valence-corrected chi connectivity index (χ0v) is 20.8. The minimum absolute atomic E-state index is 0.0437. The van der Waals surface area contributed by atoms with E-state index in [1.54, 1.807) is 19.1 Å². The summed E-state index contributed by atoms with van der Waals surface area (Å²) in [4.78, 5) is 32.4. The lowest BCUT2D eigenvalue weighted by molar-refractivity contribution is -0.138. The highest BCUT2D eigenvalue weighted by Gasteiger charge is 2.41. The van der Waals surface area contributed by atoms with Gasteiger partial charge >= 0.3 is 5.97 Å². The van der Waals surface area contributed by atoms with Gasteiger partial charge in [0, 0.05) is 12.2 Å². The molecule has 8 nitrogen and oxygen atoms in total. The lowest BCUT2D eigenvalue weighted by Crippen LogP contribution is -2.38. The van der Waals surface area contributed by atoms with Gasteiger partial charge in [0.25, 0.3) is 0 Å². The van der Waals surface area contributed by atoms with Crippen molar-refractivity contribution >= 4 is 28.8 Å². The fraction of sp³-hybridized carbons (Fsp3) is 0.222. The maximum Gasteiger partial charge on any atom is 0.338 e. The van der Waals surface area contributed by atoms with Crippen molar-refractivity contribution in [2.45, 2.75) is 25.9 Å². The van der Waals surface area contributed by atoms with Gasteiger partial charge in [-0.15, -0.1) is 0 Å². The van der Waals surface area contributed by atoms with Gasteiger partial charge in [0.05, 0.1) is 23.7 Å². The summed E-state index contributed by atoms with van der Waals surface area (Å²) in [5.41, 5.74) is 3.05. The van der Waals surface area contributed by atoms with E-state index in [-0.39, 0.29) is 31.5 Å². The Balaban J connectivity index is 1.36. The van der Waals surface area contributed by atoms with E-state index in [1.165, 1.54) is 30.0 Å². The summed E-state index contributed by atoms with van der Waals surface area (Å²) in [6, 6.07) is 10.8. The van der Waals surface area contributed by atoms with Crippen molar-refractivity contribution in [1.29, 1.82) is 0 Å². The Labute approximate surface area is 217 Å². The van der Waals surface area contributed by atoms with E-state index in [4.69, 9.17) is 14.2 Å². The molecule has 1 atom stereocenters. The lowest BCUT2D eigenvalue weighted by atomic mass is 9.94. The van der Waals surface area contributed by atoms with E-state index in [0.29, 0.717) is 45.7 Å². The molecule has 1 amide bonds. The van der Waals surface area contributed by atoms with Crippen LogP contribution in [0.5, 0.6) is 11.5 Å². The highest BCUT2D eigenvalue weighted by molar-refractivity contribution is 8.16. The van der Waals surface area contributed by atoms with Gasteiger partial charge in [0.15, 0.2) is 16.7 Å². The van der Waals surface area contributed by atoms with Crippen LogP contribution >= 0.6 is 11.8 Å². The van der Waals surface area contributed by atoms with Crippen LogP contribution in [0.2, 0.25) is 0 Å². The van der Waals surface area contributed by atoms with Crippen LogP contribution < -0.4 is 14.8 Å². The minimum atomic E-state index is -0.631. The molecule has 3 aliphatic heterocycles. The van der Waals surface area contributed by atoms with Crippen LogP contribution in [0.3, 0.4) is 0 Å². The lowest BCUT2D eigenvalue weighted by Gasteiger charge is -2.36. The number of hydrogen-bond acceptors (Lipinski definition) is 8. The quantitative estimate of drug-likeness (QED) is 0.402. The van der Waals surface area contributed by atoms with Crippen LogP contribution in [-0.2, 0) is 20.9 Å².